The van der Waals surface area contributed by atoms with Crippen LogP contribution in [-0.2, 0) is 4.79 Å². The van der Waals surface area contributed by atoms with Gasteiger partial charge in [-0.3, -0.25) is 14.2 Å². The van der Waals surface area contributed by atoms with E-state index in [1.165, 1.54) is 11.8 Å². The van der Waals surface area contributed by atoms with E-state index in [4.69, 9.17) is 0 Å². The number of nitrogens with one attached hydrogen (secondary N) is 1. The molecule has 2 amide bonds. The van der Waals surface area contributed by atoms with E-state index in [0.29, 0.717) is 19.6 Å². The Morgan fingerprint density at radius 2 is 1.92 bits per heavy atom. The van der Waals surface area contributed by atoms with Gasteiger partial charge in [0.1, 0.15) is 6.54 Å². The van der Waals surface area contributed by atoms with Crippen molar-refractivity contribution in [3.8, 4) is 0 Å². The molecule has 25 heavy (non-hydrogen) atoms. The van der Waals surface area contributed by atoms with Crippen LogP contribution in [0, 0.1) is 0 Å². The number of thioether (sulfide) groups is 1. The third kappa shape index (κ3) is 3.06. The Morgan fingerprint density at radius 1 is 1.16 bits per heavy atom. The lowest BCUT2D eigenvalue weighted by Crippen LogP contribution is -2.45. The SMILES string of the molecule is O=C(CN1CCSC1=O)N1CCC(n2c(=O)[nH]c3ccccc32)CC1. The summed E-state index contributed by atoms with van der Waals surface area (Å²) in [6.45, 7) is 2.05. The molecule has 2 saturated heterocycles. The van der Waals surface area contributed by atoms with Crippen LogP contribution in [0.5, 0.6) is 0 Å². The zero-order valence-electron chi connectivity index (χ0n) is 13.8. The average molecular weight is 360 g/mol. The maximum atomic E-state index is 12.4. The number of hydrogen-bond acceptors (Lipinski definition) is 4. The number of hydrogen-bond donors (Lipinski definition) is 1. The fourth-order valence-corrected chi connectivity index (χ4v) is 4.47. The second kappa shape index (κ2) is 6.59. The molecule has 3 heterocycles. The number of carbonyl (C=O) groups excluding carboxylic acids is 2. The number of likely N-dealkylation sites (tertiary alicyclic amines) is 1. The molecule has 132 valence electrons. The highest BCUT2D eigenvalue weighted by atomic mass is 32.2. The predicted octanol–water partition coefficient (Wildman–Crippen LogP) is 1.66. The zero-order valence-corrected chi connectivity index (χ0v) is 14.6. The Hall–Kier alpha value is -2.22. The second-order valence-electron chi connectivity index (χ2n) is 6.47. The van der Waals surface area contributed by atoms with E-state index in [9.17, 15) is 14.4 Å². The van der Waals surface area contributed by atoms with Crippen LogP contribution >= 0.6 is 11.8 Å². The minimum Gasteiger partial charge on any atom is -0.341 e. The highest BCUT2D eigenvalue weighted by molar-refractivity contribution is 8.13. The van der Waals surface area contributed by atoms with Crippen molar-refractivity contribution in [2.24, 2.45) is 0 Å². The van der Waals surface area contributed by atoms with Crippen molar-refractivity contribution in [2.45, 2.75) is 18.9 Å². The number of piperidine rings is 1. The van der Waals surface area contributed by atoms with Gasteiger partial charge in [0, 0.05) is 31.4 Å². The van der Waals surface area contributed by atoms with Gasteiger partial charge < -0.3 is 14.8 Å². The number of rotatable bonds is 3. The Labute approximate surface area is 149 Å². The van der Waals surface area contributed by atoms with Crippen molar-refractivity contribution in [1.82, 2.24) is 19.4 Å². The van der Waals surface area contributed by atoms with Crippen molar-refractivity contribution in [3.63, 3.8) is 0 Å². The Kier molecular flexibility index (Phi) is 4.29. The first kappa shape index (κ1) is 16.3. The molecule has 7 nitrogen and oxygen atoms in total. The van der Waals surface area contributed by atoms with Gasteiger partial charge in [0.15, 0.2) is 0 Å². The van der Waals surface area contributed by atoms with E-state index in [1.54, 1.807) is 4.90 Å². The third-order valence-corrected chi connectivity index (χ3v) is 5.87. The summed E-state index contributed by atoms with van der Waals surface area (Å²) in [6.07, 6.45) is 1.49. The summed E-state index contributed by atoms with van der Waals surface area (Å²) >= 11 is 1.27. The van der Waals surface area contributed by atoms with Crippen LogP contribution in [0.3, 0.4) is 0 Å². The van der Waals surface area contributed by atoms with Crippen molar-refractivity contribution >= 4 is 33.9 Å². The molecule has 2 aliphatic rings. The molecule has 1 N–H and O–H groups in total. The van der Waals surface area contributed by atoms with Crippen molar-refractivity contribution < 1.29 is 9.59 Å². The molecule has 1 aromatic heterocycles. The highest BCUT2D eigenvalue weighted by Crippen LogP contribution is 2.25. The van der Waals surface area contributed by atoms with Gasteiger partial charge in [0.25, 0.3) is 5.24 Å². The average Bonchev–Trinajstić information content (AvgIpc) is 3.17. The summed E-state index contributed by atoms with van der Waals surface area (Å²) < 4.78 is 1.82. The van der Waals surface area contributed by atoms with Crippen molar-refractivity contribution in [1.29, 1.82) is 0 Å². The van der Waals surface area contributed by atoms with Gasteiger partial charge >= 0.3 is 5.69 Å². The number of para-hydroxylation sites is 2. The van der Waals surface area contributed by atoms with Gasteiger partial charge in [-0.1, -0.05) is 23.9 Å². The number of amides is 2. The molecule has 2 aromatic rings. The Morgan fingerprint density at radius 3 is 2.64 bits per heavy atom. The molecule has 2 fully saturated rings. The van der Waals surface area contributed by atoms with Crippen molar-refractivity contribution in [2.75, 3.05) is 31.9 Å². The van der Waals surface area contributed by atoms with Crippen LogP contribution in [0.15, 0.2) is 29.1 Å². The topological polar surface area (TPSA) is 78.4 Å². The van der Waals surface area contributed by atoms with Gasteiger partial charge in [0.05, 0.1) is 11.0 Å². The molecule has 0 atom stereocenters. The molecule has 8 heteroatoms. The first-order valence-corrected chi connectivity index (χ1v) is 9.51. The molecule has 0 radical (unpaired) electrons. The fraction of sp³-hybridized carbons (Fsp3) is 0.471. The summed E-state index contributed by atoms with van der Waals surface area (Å²) in [5.74, 6) is 0.762. The van der Waals surface area contributed by atoms with E-state index in [-0.39, 0.29) is 29.4 Å². The van der Waals surface area contributed by atoms with Gasteiger partial charge in [-0.15, -0.1) is 0 Å². The van der Waals surface area contributed by atoms with Crippen LogP contribution in [0.2, 0.25) is 0 Å². The maximum Gasteiger partial charge on any atom is 0.326 e. The van der Waals surface area contributed by atoms with Crippen LogP contribution < -0.4 is 5.69 Å². The van der Waals surface area contributed by atoms with Gasteiger partial charge in [-0.2, -0.15) is 0 Å². The number of aromatic nitrogens is 2. The lowest BCUT2D eigenvalue weighted by molar-refractivity contribution is -0.132. The lowest BCUT2D eigenvalue weighted by atomic mass is 10.0. The quantitative estimate of drug-likeness (QED) is 0.903. The Balaban J connectivity index is 1.42. The van der Waals surface area contributed by atoms with E-state index in [1.807, 2.05) is 33.7 Å². The minimum absolute atomic E-state index is 0.000531. The molecule has 0 bridgehead atoms. The fourth-order valence-electron chi connectivity index (χ4n) is 3.64. The number of imidazole rings is 1. The number of fused-ring (bicyclic) bond motifs is 1. The first-order valence-electron chi connectivity index (χ1n) is 8.52. The van der Waals surface area contributed by atoms with Crippen LogP contribution in [0.1, 0.15) is 18.9 Å². The summed E-state index contributed by atoms with van der Waals surface area (Å²) in [6, 6.07) is 7.77. The van der Waals surface area contributed by atoms with Gasteiger partial charge in [0.2, 0.25) is 5.91 Å². The highest BCUT2D eigenvalue weighted by Gasteiger charge is 2.29. The Bertz CT molecular complexity index is 866. The summed E-state index contributed by atoms with van der Waals surface area (Å²) in [4.78, 5) is 42.7. The van der Waals surface area contributed by atoms with Gasteiger partial charge in [-0.25, -0.2) is 4.79 Å². The molecule has 0 aliphatic carbocycles. The number of aromatic amines is 1. The van der Waals surface area contributed by atoms with E-state index in [2.05, 4.69) is 4.98 Å². The predicted molar refractivity (Wildman–Crippen MR) is 96.8 cm³/mol. The third-order valence-electron chi connectivity index (χ3n) is 4.98. The molecule has 0 saturated carbocycles. The smallest absolute Gasteiger partial charge is 0.326 e. The number of H-pyrrole nitrogens is 1. The molecule has 2 aliphatic heterocycles. The molecule has 0 unspecified atom stereocenters. The van der Waals surface area contributed by atoms with E-state index >= 15 is 0 Å². The molecular weight excluding hydrogens is 340 g/mol. The van der Waals surface area contributed by atoms with Crippen LogP contribution in [-0.4, -0.2) is 62.4 Å². The molecule has 1 aromatic carbocycles. The van der Waals surface area contributed by atoms with Crippen LogP contribution in [0.4, 0.5) is 4.79 Å². The summed E-state index contributed by atoms with van der Waals surface area (Å²) in [7, 11) is 0. The van der Waals surface area contributed by atoms with Crippen molar-refractivity contribution in [3.05, 3.63) is 34.7 Å². The maximum absolute atomic E-state index is 12.4. The second-order valence-corrected chi connectivity index (χ2v) is 7.51. The van der Waals surface area contributed by atoms with Gasteiger partial charge in [-0.05, 0) is 25.0 Å². The lowest BCUT2D eigenvalue weighted by Gasteiger charge is -2.33. The van der Waals surface area contributed by atoms with E-state index < -0.39 is 0 Å². The summed E-state index contributed by atoms with van der Waals surface area (Å²) in [5.41, 5.74) is 1.67. The first-order chi connectivity index (χ1) is 12.1. The number of nitrogens with zero attached hydrogens (tertiary/aromatic N) is 3. The normalized spacial score (nSPS) is 19.1. The summed E-state index contributed by atoms with van der Waals surface area (Å²) in [5, 5.41) is -0.00594. The standard InChI is InChI=1S/C17H20N4O3S/c22-15(11-20-9-10-25-17(20)24)19-7-5-12(6-8-19)21-14-4-2-1-3-13(14)18-16(21)23/h1-4,12H,5-11H2,(H,18,23). The van der Waals surface area contributed by atoms with Crippen LogP contribution in [0.25, 0.3) is 11.0 Å². The number of benzene rings is 1. The minimum atomic E-state index is -0.0920. The van der Waals surface area contributed by atoms with E-state index in [0.717, 1.165) is 29.6 Å². The molecule has 4 rings (SSSR count). The molecular formula is C17H20N4O3S. The number of carbonyl (C=O) groups is 2. The zero-order chi connectivity index (χ0) is 17.4. The monoisotopic (exact) mass is 360 g/mol. The largest absolute Gasteiger partial charge is 0.341 e. The molecule has 0 spiro atoms.